The van der Waals surface area contributed by atoms with Crippen molar-refractivity contribution in [3.63, 3.8) is 0 Å². The minimum Gasteiger partial charge on any atom is -0.297 e. The lowest BCUT2D eigenvalue weighted by Crippen LogP contribution is -2.07. The molecule has 0 saturated heterocycles. The molecule has 10 heavy (non-hydrogen) atoms. The second-order valence-electron chi connectivity index (χ2n) is 2.16. The summed E-state index contributed by atoms with van der Waals surface area (Å²) in [6.45, 7) is 0. The first-order valence-corrected chi connectivity index (χ1v) is 5.04. The van der Waals surface area contributed by atoms with E-state index >= 15 is 0 Å². The van der Waals surface area contributed by atoms with Crippen LogP contribution in [0.15, 0.2) is 11.0 Å². The van der Waals surface area contributed by atoms with E-state index in [1.807, 2.05) is 0 Å². The summed E-state index contributed by atoms with van der Waals surface area (Å²) < 4.78 is 0.380. The van der Waals surface area contributed by atoms with Gasteiger partial charge < -0.3 is 0 Å². The van der Waals surface area contributed by atoms with Crippen LogP contribution >= 0.6 is 11.8 Å². The van der Waals surface area contributed by atoms with E-state index in [2.05, 4.69) is 6.07 Å². The maximum Gasteiger partial charge on any atom is 0.235 e. The second-order valence-corrected chi connectivity index (χ2v) is 5.70. The van der Waals surface area contributed by atoms with Crippen LogP contribution in [0, 0.1) is 17.2 Å². The third kappa shape index (κ3) is 1.44. The van der Waals surface area contributed by atoms with Crippen molar-refractivity contribution in [3.05, 3.63) is 11.0 Å². The molecule has 1 aliphatic heterocycles. The van der Waals surface area contributed by atoms with Crippen LogP contribution in [0.2, 0.25) is 0 Å². The fourth-order valence-electron chi connectivity index (χ4n) is 0.849. The second kappa shape index (κ2) is 3.26. The number of carbonyl (C=O) groups is 1. The zero-order valence-corrected chi connectivity index (χ0v) is 8.39. The van der Waals surface area contributed by atoms with Crippen molar-refractivity contribution in [2.45, 2.75) is 4.11 Å². The predicted octanol–water partition coefficient (Wildman–Crippen LogP) is -0.0850. The van der Waals surface area contributed by atoms with Crippen molar-refractivity contribution in [3.8, 4) is 6.07 Å². The molecule has 0 aromatic heterocycles. The van der Waals surface area contributed by atoms with Crippen molar-refractivity contribution in [1.29, 1.82) is 5.26 Å². The SMILES string of the molecule is N#CC1C=C(C=O)S[CH]1[AlH2]. The van der Waals surface area contributed by atoms with E-state index in [4.69, 9.17) is 5.26 Å². The van der Waals surface area contributed by atoms with Gasteiger partial charge in [-0.05, 0) is 4.11 Å². The molecule has 0 aliphatic carbocycles. The van der Waals surface area contributed by atoms with Gasteiger partial charge in [0.05, 0.1) is 12.0 Å². The van der Waals surface area contributed by atoms with Gasteiger partial charge in [-0.1, -0.05) is 6.08 Å². The minimum atomic E-state index is -0.0168. The standard InChI is InChI=1S/C6H4NOS.Al.2H/c7-2-5-1-6(3-8)9-4-5;;;/h1,3-5H;;;. The highest BCUT2D eigenvalue weighted by Crippen LogP contribution is 2.32. The minimum absolute atomic E-state index is 0.0168. The average Bonchev–Trinajstić information content (AvgIpc) is 2.30. The zero-order valence-electron chi connectivity index (χ0n) is 5.57. The summed E-state index contributed by atoms with van der Waals surface area (Å²) in [4.78, 5) is 11.0. The summed E-state index contributed by atoms with van der Waals surface area (Å²) in [5.74, 6) is -0.0168. The molecular weight excluding hydrogens is 161 g/mol. The van der Waals surface area contributed by atoms with E-state index in [9.17, 15) is 4.79 Å². The molecule has 50 valence electrons. The Labute approximate surface area is 71.7 Å². The fourth-order valence-corrected chi connectivity index (χ4v) is 3.00. The number of rotatable bonds is 1. The van der Waals surface area contributed by atoms with Crippen molar-refractivity contribution in [2.24, 2.45) is 5.92 Å². The van der Waals surface area contributed by atoms with Gasteiger partial charge in [0, 0.05) is 4.91 Å². The number of aldehydes is 1. The largest absolute Gasteiger partial charge is 0.297 e. The number of hydrogen-bond acceptors (Lipinski definition) is 3. The Morgan fingerprint density at radius 1 is 1.90 bits per heavy atom. The average molecular weight is 167 g/mol. The summed E-state index contributed by atoms with van der Waals surface area (Å²) in [7, 11) is 0. The molecule has 1 rings (SSSR count). The van der Waals surface area contributed by atoms with Gasteiger partial charge in [0.25, 0.3) is 0 Å². The Balaban J connectivity index is 2.72. The highest BCUT2D eigenvalue weighted by Gasteiger charge is 2.23. The fraction of sp³-hybridized carbons (Fsp3) is 0.333. The molecule has 0 amide bonds. The van der Waals surface area contributed by atoms with E-state index in [1.165, 1.54) is 11.8 Å². The molecule has 0 spiro atoms. The Morgan fingerprint density at radius 3 is 2.90 bits per heavy atom. The molecule has 2 nitrogen and oxygen atoms in total. The monoisotopic (exact) mass is 167 g/mol. The number of carbonyl (C=O) groups excluding carboxylic acids is 1. The van der Waals surface area contributed by atoms with Gasteiger partial charge in [0.2, 0.25) is 16.3 Å². The summed E-state index contributed by atoms with van der Waals surface area (Å²) in [5.41, 5.74) is 0. The number of allylic oxidation sites excluding steroid dienone is 2. The smallest absolute Gasteiger partial charge is 0.235 e. The first-order chi connectivity index (χ1) is 4.77. The third-order valence-electron chi connectivity index (χ3n) is 1.44. The number of nitrogens with zero attached hydrogens (tertiary/aromatic N) is 1. The van der Waals surface area contributed by atoms with Crippen LogP contribution in [0.3, 0.4) is 0 Å². The molecule has 0 fully saturated rings. The van der Waals surface area contributed by atoms with Crippen LogP contribution in [0.1, 0.15) is 0 Å². The molecular formula is C6H6AlNOS. The van der Waals surface area contributed by atoms with Crippen LogP contribution < -0.4 is 0 Å². The molecule has 2 unspecified atom stereocenters. The Morgan fingerprint density at radius 2 is 2.60 bits per heavy atom. The van der Waals surface area contributed by atoms with Crippen molar-refractivity contribution in [1.82, 2.24) is 0 Å². The molecule has 0 saturated carbocycles. The van der Waals surface area contributed by atoms with E-state index in [-0.39, 0.29) is 5.92 Å². The molecule has 4 heteroatoms. The van der Waals surface area contributed by atoms with Crippen LogP contribution in [-0.2, 0) is 4.79 Å². The maximum absolute atomic E-state index is 10.2. The lowest BCUT2D eigenvalue weighted by Gasteiger charge is -2.01. The lowest BCUT2D eigenvalue weighted by atomic mass is 10.2. The van der Waals surface area contributed by atoms with Gasteiger partial charge in [-0.25, -0.2) is 0 Å². The van der Waals surface area contributed by atoms with Crippen molar-refractivity contribution in [2.75, 3.05) is 0 Å². The van der Waals surface area contributed by atoms with Crippen molar-refractivity contribution < 1.29 is 4.79 Å². The molecule has 1 aliphatic rings. The van der Waals surface area contributed by atoms with Gasteiger partial charge in [0.15, 0.2) is 6.29 Å². The summed E-state index contributed by atoms with van der Waals surface area (Å²) in [6.07, 6.45) is 2.59. The van der Waals surface area contributed by atoms with Crippen LogP contribution in [0.25, 0.3) is 0 Å². The normalized spacial score (nSPS) is 30.9. The van der Waals surface area contributed by atoms with E-state index in [0.29, 0.717) is 4.11 Å². The van der Waals surface area contributed by atoms with Gasteiger partial charge in [-0.3, -0.25) is 4.79 Å². The molecule has 0 aromatic carbocycles. The van der Waals surface area contributed by atoms with Crippen LogP contribution in [0.5, 0.6) is 0 Å². The summed E-state index contributed by atoms with van der Waals surface area (Å²) in [5, 5.41) is 8.55. The molecule has 0 radical (unpaired) electrons. The Bertz CT molecular complexity index is 220. The summed E-state index contributed by atoms with van der Waals surface area (Å²) >= 11 is 2.50. The van der Waals surface area contributed by atoms with E-state index < -0.39 is 0 Å². The van der Waals surface area contributed by atoms with Gasteiger partial charge in [0.1, 0.15) is 0 Å². The summed E-state index contributed by atoms with van der Waals surface area (Å²) in [6, 6.07) is 2.16. The first-order valence-electron chi connectivity index (χ1n) is 3.01. The Hall–Kier alpha value is -0.218. The van der Waals surface area contributed by atoms with Gasteiger partial charge >= 0.3 is 0 Å². The maximum atomic E-state index is 10.2. The third-order valence-corrected chi connectivity index (χ3v) is 4.03. The van der Waals surface area contributed by atoms with Crippen LogP contribution in [-0.4, -0.2) is 26.7 Å². The van der Waals surface area contributed by atoms with Gasteiger partial charge in [-0.2, -0.15) is 5.26 Å². The number of hydrogen-bond donors (Lipinski definition) is 0. The molecule has 1 heterocycles. The van der Waals surface area contributed by atoms with E-state index in [0.717, 1.165) is 27.5 Å². The highest BCUT2D eigenvalue weighted by atomic mass is 32.2. The molecule has 0 bridgehead atoms. The van der Waals surface area contributed by atoms with Gasteiger partial charge in [-0.15, -0.1) is 11.8 Å². The lowest BCUT2D eigenvalue weighted by molar-refractivity contribution is -0.104. The Kier molecular flexibility index (Phi) is 2.57. The number of thioether (sulfide) groups is 1. The quantitative estimate of drug-likeness (QED) is 0.405. The molecule has 0 aromatic rings. The predicted molar refractivity (Wildman–Crippen MR) is 43.2 cm³/mol. The first kappa shape index (κ1) is 7.88. The topological polar surface area (TPSA) is 40.9 Å². The molecule has 0 N–H and O–H groups in total. The number of nitriles is 1. The molecule has 2 atom stereocenters. The van der Waals surface area contributed by atoms with Crippen molar-refractivity contribution >= 4 is 34.3 Å². The van der Waals surface area contributed by atoms with Crippen LogP contribution in [0.4, 0.5) is 0 Å². The zero-order chi connectivity index (χ0) is 7.56. The highest BCUT2D eigenvalue weighted by molar-refractivity contribution is 8.05. The van der Waals surface area contributed by atoms with E-state index in [1.54, 1.807) is 6.08 Å².